The number of aryl methyl sites for hydroxylation is 3. The number of para-hydroxylation sites is 1. The van der Waals surface area contributed by atoms with Gasteiger partial charge in [-0.15, -0.1) is 0 Å². The number of carbonyl (C=O) groups excluding carboxylic acids is 1. The molecule has 0 saturated heterocycles. The Bertz CT molecular complexity index is 961. The van der Waals surface area contributed by atoms with Crippen molar-refractivity contribution in [2.24, 2.45) is 0 Å². The van der Waals surface area contributed by atoms with E-state index in [-0.39, 0.29) is 5.91 Å². The smallest absolute Gasteiger partial charge is 0.260 e. The summed E-state index contributed by atoms with van der Waals surface area (Å²) in [6.07, 6.45) is 0.901. The standard InChI is InChI=1S/C22H27N3OS/c1-15-10-11-18(14-17(15)3)21(26)25(13-7-12-24(4)5)22-23-20-16(2)8-6-9-19(20)27-22/h6,8-11,14H,7,12-13H2,1-5H3. The molecule has 0 unspecified atom stereocenters. The quantitative estimate of drug-likeness (QED) is 0.614. The van der Waals surface area contributed by atoms with Gasteiger partial charge in [-0.05, 0) is 82.7 Å². The third-order valence-electron chi connectivity index (χ3n) is 4.83. The summed E-state index contributed by atoms with van der Waals surface area (Å²) in [7, 11) is 4.10. The molecule has 5 heteroatoms. The molecular formula is C22H27N3OS. The molecule has 3 rings (SSSR count). The van der Waals surface area contributed by atoms with Crippen molar-refractivity contribution in [3.63, 3.8) is 0 Å². The van der Waals surface area contributed by atoms with Gasteiger partial charge in [0.2, 0.25) is 0 Å². The first kappa shape index (κ1) is 19.5. The molecule has 0 atom stereocenters. The molecule has 0 bridgehead atoms. The molecule has 27 heavy (non-hydrogen) atoms. The third-order valence-corrected chi connectivity index (χ3v) is 5.87. The van der Waals surface area contributed by atoms with E-state index < -0.39 is 0 Å². The molecule has 0 fully saturated rings. The highest BCUT2D eigenvalue weighted by Crippen LogP contribution is 2.31. The van der Waals surface area contributed by atoms with E-state index in [1.807, 2.05) is 36.1 Å². The van der Waals surface area contributed by atoms with Crippen LogP contribution in [0.4, 0.5) is 5.13 Å². The van der Waals surface area contributed by atoms with E-state index >= 15 is 0 Å². The molecule has 142 valence electrons. The highest BCUT2D eigenvalue weighted by atomic mass is 32.1. The van der Waals surface area contributed by atoms with Crippen LogP contribution in [0.1, 0.15) is 33.5 Å². The van der Waals surface area contributed by atoms with Gasteiger partial charge in [0.05, 0.1) is 10.2 Å². The van der Waals surface area contributed by atoms with Gasteiger partial charge in [0.25, 0.3) is 5.91 Å². The summed E-state index contributed by atoms with van der Waals surface area (Å²) in [5, 5.41) is 0.779. The Morgan fingerprint density at radius 3 is 2.44 bits per heavy atom. The van der Waals surface area contributed by atoms with Crippen LogP contribution in [0.5, 0.6) is 0 Å². The highest BCUT2D eigenvalue weighted by molar-refractivity contribution is 7.22. The minimum absolute atomic E-state index is 0.0218. The molecule has 0 aliphatic rings. The van der Waals surface area contributed by atoms with Gasteiger partial charge in [-0.2, -0.15) is 0 Å². The first-order valence-electron chi connectivity index (χ1n) is 9.27. The molecule has 0 N–H and O–H groups in total. The van der Waals surface area contributed by atoms with Gasteiger partial charge in [-0.3, -0.25) is 9.69 Å². The van der Waals surface area contributed by atoms with Gasteiger partial charge >= 0.3 is 0 Å². The van der Waals surface area contributed by atoms with E-state index in [0.29, 0.717) is 6.54 Å². The number of rotatable bonds is 6. The molecule has 4 nitrogen and oxygen atoms in total. The molecule has 1 aromatic heterocycles. The minimum Gasteiger partial charge on any atom is -0.309 e. The van der Waals surface area contributed by atoms with E-state index in [0.717, 1.165) is 45.0 Å². The van der Waals surface area contributed by atoms with Crippen molar-refractivity contribution in [1.29, 1.82) is 0 Å². The van der Waals surface area contributed by atoms with E-state index in [4.69, 9.17) is 4.98 Å². The zero-order chi connectivity index (χ0) is 19.6. The lowest BCUT2D eigenvalue weighted by Crippen LogP contribution is -2.33. The maximum atomic E-state index is 13.3. The zero-order valence-electron chi connectivity index (χ0n) is 16.7. The first-order chi connectivity index (χ1) is 12.9. The number of benzene rings is 2. The minimum atomic E-state index is 0.0218. The van der Waals surface area contributed by atoms with Crippen LogP contribution in [0, 0.1) is 20.8 Å². The van der Waals surface area contributed by atoms with Gasteiger partial charge in [-0.25, -0.2) is 4.98 Å². The summed E-state index contributed by atoms with van der Waals surface area (Å²) in [6.45, 7) is 7.76. The number of fused-ring (bicyclic) bond motifs is 1. The lowest BCUT2D eigenvalue weighted by molar-refractivity contribution is 0.0986. The number of nitrogens with zero attached hydrogens (tertiary/aromatic N) is 3. The lowest BCUT2D eigenvalue weighted by atomic mass is 10.1. The van der Waals surface area contributed by atoms with Gasteiger partial charge in [-0.1, -0.05) is 29.5 Å². The normalized spacial score (nSPS) is 11.3. The van der Waals surface area contributed by atoms with E-state index in [1.165, 1.54) is 5.56 Å². The molecule has 2 aromatic carbocycles. The molecule has 1 amide bonds. The highest BCUT2D eigenvalue weighted by Gasteiger charge is 2.22. The van der Waals surface area contributed by atoms with Crippen LogP contribution >= 0.6 is 11.3 Å². The molecule has 0 saturated carbocycles. The van der Waals surface area contributed by atoms with Crippen molar-refractivity contribution in [3.8, 4) is 0 Å². The maximum Gasteiger partial charge on any atom is 0.260 e. The molecular weight excluding hydrogens is 354 g/mol. The second-order valence-electron chi connectivity index (χ2n) is 7.33. The summed E-state index contributed by atoms with van der Waals surface area (Å²) in [5.41, 5.74) is 5.18. The van der Waals surface area contributed by atoms with Gasteiger partial charge < -0.3 is 4.90 Å². The monoisotopic (exact) mass is 381 g/mol. The predicted octanol–water partition coefficient (Wildman–Crippen LogP) is 4.82. The fourth-order valence-corrected chi connectivity index (χ4v) is 4.12. The largest absolute Gasteiger partial charge is 0.309 e. The van der Waals surface area contributed by atoms with Crippen LogP contribution in [0.25, 0.3) is 10.2 Å². The van der Waals surface area contributed by atoms with Crippen molar-refractivity contribution in [2.45, 2.75) is 27.2 Å². The van der Waals surface area contributed by atoms with Gasteiger partial charge in [0.15, 0.2) is 5.13 Å². The number of thiazole rings is 1. The van der Waals surface area contributed by atoms with Crippen molar-refractivity contribution >= 4 is 32.6 Å². The fraction of sp³-hybridized carbons (Fsp3) is 0.364. The molecule has 0 aliphatic heterocycles. The average molecular weight is 382 g/mol. The van der Waals surface area contributed by atoms with Crippen LogP contribution in [0.3, 0.4) is 0 Å². The zero-order valence-corrected chi connectivity index (χ0v) is 17.6. The Hall–Kier alpha value is -2.24. The van der Waals surface area contributed by atoms with Crippen molar-refractivity contribution < 1.29 is 4.79 Å². The number of aromatic nitrogens is 1. The molecule has 3 aromatic rings. The predicted molar refractivity (Wildman–Crippen MR) is 115 cm³/mol. The van der Waals surface area contributed by atoms with Crippen molar-refractivity contribution in [1.82, 2.24) is 9.88 Å². The Kier molecular flexibility index (Phi) is 5.92. The maximum absolute atomic E-state index is 13.3. The molecule has 0 radical (unpaired) electrons. The van der Waals surface area contributed by atoms with Crippen molar-refractivity contribution in [2.75, 3.05) is 32.1 Å². The lowest BCUT2D eigenvalue weighted by Gasteiger charge is -2.21. The SMILES string of the molecule is Cc1ccc(C(=O)N(CCCN(C)C)c2nc3c(C)cccc3s2)cc1C. The second kappa shape index (κ2) is 8.19. The fourth-order valence-electron chi connectivity index (χ4n) is 3.05. The van der Waals surface area contributed by atoms with Crippen LogP contribution < -0.4 is 4.90 Å². The summed E-state index contributed by atoms with van der Waals surface area (Å²) in [6, 6.07) is 12.1. The topological polar surface area (TPSA) is 36.4 Å². The molecule has 1 heterocycles. The summed E-state index contributed by atoms with van der Waals surface area (Å²) < 4.78 is 1.12. The Morgan fingerprint density at radius 1 is 1.00 bits per heavy atom. The third kappa shape index (κ3) is 4.37. The number of anilines is 1. The van der Waals surface area contributed by atoms with Crippen molar-refractivity contribution in [3.05, 3.63) is 58.7 Å². The van der Waals surface area contributed by atoms with E-state index in [1.54, 1.807) is 11.3 Å². The molecule has 0 spiro atoms. The van der Waals surface area contributed by atoms with Gasteiger partial charge in [0.1, 0.15) is 0 Å². The average Bonchev–Trinajstić information content (AvgIpc) is 3.05. The Balaban J connectivity index is 1.97. The number of hydrogen-bond acceptors (Lipinski definition) is 4. The van der Waals surface area contributed by atoms with E-state index in [2.05, 4.69) is 45.0 Å². The van der Waals surface area contributed by atoms with Gasteiger partial charge in [0, 0.05) is 12.1 Å². The first-order valence-corrected chi connectivity index (χ1v) is 10.1. The van der Waals surface area contributed by atoms with Crippen LogP contribution in [-0.4, -0.2) is 43.0 Å². The molecule has 0 aliphatic carbocycles. The number of amides is 1. The summed E-state index contributed by atoms with van der Waals surface area (Å²) in [5.74, 6) is 0.0218. The van der Waals surface area contributed by atoms with E-state index in [9.17, 15) is 4.79 Å². The number of hydrogen-bond donors (Lipinski definition) is 0. The second-order valence-corrected chi connectivity index (χ2v) is 8.34. The van der Waals surface area contributed by atoms with Crippen LogP contribution in [0.2, 0.25) is 0 Å². The summed E-state index contributed by atoms with van der Waals surface area (Å²) in [4.78, 5) is 22.1. The Morgan fingerprint density at radius 2 is 1.78 bits per heavy atom. The summed E-state index contributed by atoms with van der Waals surface area (Å²) >= 11 is 1.59. The Labute approximate surface area is 165 Å². The van der Waals surface area contributed by atoms with Crippen LogP contribution in [0.15, 0.2) is 36.4 Å². The van der Waals surface area contributed by atoms with Crippen LogP contribution in [-0.2, 0) is 0 Å². The number of carbonyl (C=O) groups is 1.